The molecule has 1 heteroatoms. The van der Waals surface area contributed by atoms with Crippen molar-refractivity contribution in [2.24, 2.45) is 11.8 Å². The lowest BCUT2D eigenvalue weighted by atomic mass is 9.92. The Bertz CT molecular complexity index is 416. The molecule has 0 spiro atoms. The second kappa shape index (κ2) is 3.34. The fourth-order valence-corrected chi connectivity index (χ4v) is 2.86. The van der Waals surface area contributed by atoms with Crippen LogP contribution in [0, 0.1) is 11.8 Å². The Balaban J connectivity index is 1.95. The molecular weight excluding hydrogens is 184 g/mol. The van der Waals surface area contributed by atoms with Crippen LogP contribution in [-0.2, 0) is 4.79 Å². The summed E-state index contributed by atoms with van der Waals surface area (Å²) in [5.41, 5.74) is 2.24. The van der Waals surface area contributed by atoms with E-state index in [-0.39, 0.29) is 0 Å². The van der Waals surface area contributed by atoms with E-state index >= 15 is 0 Å². The molecule has 0 saturated heterocycles. The van der Waals surface area contributed by atoms with Gasteiger partial charge in [0, 0.05) is 5.92 Å². The fraction of sp³-hybridized carbons (Fsp3) is 0.357. The van der Waals surface area contributed by atoms with Gasteiger partial charge in [-0.25, -0.2) is 0 Å². The summed E-state index contributed by atoms with van der Waals surface area (Å²) in [6.07, 6.45) is 5.54. The Morgan fingerprint density at radius 3 is 2.47 bits per heavy atom. The summed E-state index contributed by atoms with van der Waals surface area (Å²) in [5, 5.41) is 0. The van der Waals surface area contributed by atoms with Crippen LogP contribution in [0.15, 0.2) is 35.9 Å². The predicted molar refractivity (Wildman–Crippen MR) is 60.3 cm³/mol. The van der Waals surface area contributed by atoms with E-state index in [2.05, 4.69) is 18.2 Å². The van der Waals surface area contributed by atoms with Crippen molar-refractivity contribution in [1.82, 2.24) is 0 Å². The highest BCUT2D eigenvalue weighted by molar-refractivity contribution is 6.04. The minimum absolute atomic E-state index is 0.352. The van der Waals surface area contributed by atoms with Crippen molar-refractivity contribution in [2.45, 2.75) is 19.3 Å². The molecule has 2 aliphatic carbocycles. The Morgan fingerprint density at radius 2 is 1.80 bits per heavy atom. The summed E-state index contributed by atoms with van der Waals surface area (Å²) in [7, 11) is 0. The lowest BCUT2D eigenvalue weighted by Gasteiger charge is -2.11. The first kappa shape index (κ1) is 8.90. The molecule has 1 aromatic carbocycles. The van der Waals surface area contributed by atoms with Gasteiger partial charge in [0.15, 0.2) is 5.78 Å². The molecule has 0 amide bonds. The molecule has 76 valence electrons. The van der Waals surface area contributed by atoms with Crippen LogP contribution in [0.2, 0.25) is 0 Å². The van der Waals surface area contributed by atoms with Gasteiger partial charge >= 0.3 is 0 Å². The molecule has 0 heterocycles. The van der Waals surface area contributed by atoms with Gasteiger partial charge in [-0.3, -0.25) is 4.79 Å². The van der Waals surface area contributed by atoms with Crippen LogP contribution in [0.5, 0.6) is 0 Å². The van der Waals surface area contributed by atoms with E-state index in [0.29, 0.717) is 17.6 Å². The number of hydrogen-bond acceptors (Lipinski definition) is 1. The van der Waals surface area contributed by atoms with Crippen molar-refractivity contribution >= 4 is 11.9 Å². The van der Waals surface area contributed by atoms with Crippen LogP contribution < -0.4 is 0 Å². The zero-order chi connectivity index (χ0) is 10.3. The number of carbonyl (C=O) groups excluding carboxylic acids is 1. The lowest BCUT2D eigenvalue weighted by molar-refractivity contribution is -0.118. The summed E-state index contributed by atoms with van der Waals surface area (Å²) in [5.74, 6) is 1.32. The summed E-state index contributed by atoms with van der Waals surface area (Å²) in [4.78, 5) is 11.9. The topological polar surface area (TPSA) is 17.1 Å². The smallest absolute Gasteiger partial charge is 0.162 e. The molecule has 2 atom stereocenters. The Hall–Kier alpha value is -1.37. The molecule has 0 aromatic heterocycles. The van der Waals surface area contributed by atoms with Gasteiger partial charge in [0.2, 0.25) is 0 Å². The van der Waals surface area contributed by atoms with E-state index in [1.807, 2.05) is 18.2 Å². The van der Waals surface area contributed by atoms with E-state index in [1.165, 1.54) is 6.42 Å². The van der Waals surface area contributed by atoms with Crippen LogP contribution in [0.4, 0.5) is 0 Å². The molecule has 2 aliphatic rings. The van der Waals surface area contributed by atoms with E-state index < -0.39 is 0 Å². The molecule has 2 fully saturated rings. The Labute approximate surface area is 89.8 Å². The second-order valence-electron chi connectivity index (χ2n) is 4.58. The maximum atomic E-state index is 11.9. The minimum Gasteiger partial charge on any atom is -0.294 e. The molecule has 0 radical (unpaired) electrons. The molecule has 3 rings (SSSR count). The lowest BCUT2D eigenvalue weighted by Crippen LogP contribution is -2.11. The highest BCUT2D eigenvalue weighted by Crippen LogP contribution is 2.46. The standard InChI is InChI=1S/C14H14O/c15-14-12-7-6-11(9-12)13(14)8-10-4-2-1-3-5-10/h1-5,8,11-12H,6-7,9H2. The number of ketones is 1. The molecule has 15 heavy (non-hydrogen) atoms. The van der Waals surface area contributed by atoms with Gasteiger partial charge in [-0.05, 0) is 42.4 Å². The van der Waals surface area contributed by atoms with Crippen molar-refractivity contribution in [3.8, 4) is 0 Å². The number of carbonyl (C=O) groups is 1. The zero-order valence-electron chi connectivity index (χ0n) is 8.65. The first-order valence-corrected chi connectivity index (χ1v) is 5.65. The quantitative estimate of drug-likeness (QED) is 0.634. The Morgan fingerprint density at radius 1 is 1.07 bits per heavy atom. The number of benzene rings is 1. The summed E-state index contributed by atoms with van der Waals surface area (Å²) in [6, 6.07) is 10.2. The van der Waals surface area contributed by atoms with Gasteiger partial charge in [0.25, 0.3) is 0 Å². The van der Waals surface area contributed by atoms with Crippen molar-refractivity contribution in [3.63, 3.8) is 0 Å². The molecule has 2 unspecified atom stereocenters. The van der Waals surface area contributed by atoms with E-state index in [9.17, 15) is 4.79 Å². The van der Waals surface area contributed by atoms with Gasteiger partial charge in [-0.2, -0.15) is 0 Å². The van der Waals surface area contributed by atoms with Crippen molar-refractivity contribution in [2.75, 3.05) is 0 Å². The molecule has 1 nitrogen and oxygen atoms in total. The highest BCUT2D eigenvalue weighted by Gasteiger charge is 2.42. The number of allylic oxidation sites excluding steroid dienone is 1. The van der Waals surface area contributed by atoms with Gasteiger partial charge in [0.1, 0.15) is 0 Å². The molecule has 0 N–H and O–H groups in total. The predicted octanol–water partition coefficient (Wildman–Crippen LogP) is 3.07. The summed E-state index contributed by atoms with van der Waals surface area (Å²) in [6.45, 7) is 0. The zero-order valence-corrected chi connectivity index (χ0v) is 8.65. The maximum Gasteiger partial charge on any atom is 0.162 e. The highest BCUT2D eigenvalue weighted by atomic mass is 16.1. The van der Waals surface area contributed by atoms with Crippen LogP contribution in [0.1, 0.15) is 24.8 Å². The average Bonchev–Trinajstić information content (AvgIpc) is 2.84. The fourth-order valence-electron chi connectivity index (χ4n) is 2.86. The van der Waals surface area contributed by atoms with Gasteiger partial charge in [-0.15, -0.1) is 0 Å². The normalized spacial score (nSPS) is 31.5. The summed E-state index contributed by atoms with van der Waals surface area (Å²) >= 11 is 0. The molecule has 1 aromatic rings. The van der Waals surface area contributed by atoms with Crippen LogP contribution in [0.3, 0.4) is 0 Å². The summed E-state index contributed by atoms with van der Waals surface area (Å²) < 4.78 is 0. The molecular formula is C14H14O. The van der Waals surface area contributed by atoms with Crippen LogP contribution >= 0.6 is 0 Å². The van der Waals surface area contributed by atoms with Crippen LogP contribution in [0.25, 0.3) is 6.08 Å². The third-order valence-electron chi connectivity index (χ3n) is 3.65. The van der Waals surface area contributed by atoms with E-state index in [0.717, 1.165) is 24.0 Å². The molecule has 0 aliphatic heterocycles. The largest absolute Gasteiger partial charge is 0.294 e. The monoisotopic (exact) mass is 198 g/mol. The maximum absolute atomic E-state index is 11.9. The number of hydrogen-bond donors (Lipinski definition) is 0. The number of Topliss-reactive ketones (excluding diaryl/α,β-unsaturated/α-hetero) is 1. The van der Waals surface area contributed by atoms with Crippen molar-refractivity contribution in [3.05, 3.63) is 41.5 Å². The third-order valence-corrected chi connectivity index (χ3v) is 3.65. The number of rotatable bonds is 1. The number of fused-ring (bicyclic) bond motifs is 2. The van der Waals surface area contributed by atoms with Crippen molar-refractivity contribution < 1.29 is 4.79 Å². The molecule has 2 bridgehead atoms. The van der Waals surface area contributed by atoms with E-state index in [1.54, 1.807) is 0 Å². The first-order valence-electron chi connectivity index (χ1n) is 5.65. The van der Waals surface area contributed by atoms with Gasteiger partial charge in [-0.1, -0.05) is 30.3 Å². The van der Waals surface area contributed by atoms with Gasteiger partial charge in [0.05, 0.1) is 0 Å². The average molecular weight is 198 g/mol. The van der Waals surface area contributed by atoms with Crippen molar-refractivity contribution in [1.29, 1.82) is 0 Å². The van der Waals surface area contributed by atoms with Crippen LogP contribution in [-0.4, -0.2) is 5.78 Å². The van der Waals surface area contributed by atoms with E-state index in [4.69, 9.17) is 0 Å². The minimum atomic E-state index is 0.352. The molecule has 2 saturated carbocycles. The first-order chi connectivity index (χ1) is 7.34. The second-order valence-corrected chi connectivity index (χ2v) is 4.58. The SMILES string of the molecule is O=C1C(=Cc2ccccc2)C2CCC1C2. The van der Waals surface area contributed by atoms with Gasteiger partial charge < -0.3 is 0 Å². The Kier molecular flexibility index (Phi) is 1.98. The third kappa shape index (κ3) is 1.43.